The first-order valence-electron chi connectivity index (χ1n) is 3.84. The van der Waals surface area contributed by atoms with E-state index in [1.54, 1.807) is 18.5 Å². The van der Waals surface area contributed by atoms with E-state index in [2.05, 4.69) is 4.99 Å². The van der Waals surface area contributed by atoms with Gasteiger partial charge in [-0.2, -0.15) is 0 Å². The van der Waals surface area contributed by atoms with Crippen LogP contribution in [0.25, 0.3) is 0 Å². The van der Waals surface area contributed by atoms with Crippen LogP contribution in [0.1, 0.15) is 19.6 Å². The van der Waals surface area contributed by atoms with Gasteiger partial charge < -0.3 is 9.52 Å². The molecule has 0 atom stereocenters. The molecule has 1 heterocycles. The molecule has 0 aliphatic rings. The highest BCUT2D eigenvalue weighted by Gasteiger charge is 2.12. The highest BCUT2D eigenvalue weighted by Crippen LogP contribution is 2.07. The zero-order chi connectivity index (χ0) is 9.03. The van der Waals surface area contributed by atoms with Crippen molar-refractivity contribution in [1.82, 2.24) is 0 Å². The van der Waals surface area contributed by atoms with E-state index in [0.29, 0.717) is 5.76 Å². The number of furan rings is 1. The molecule has 1 aromatic heterocycles. The highest BCUT2D eigenvalue weighted by molar-refractivity contribution is 5.75. The molecule has 0 fully saturated rings. The minimum atomic E-state index is -0.424. The van der Waals surface area contributed by atoms with Crippen molar-refractivity contribution in [3.8, 4) is 0 Å². The summed E-state index contributed by atoms with van der Waals surface area (Å²) < 4.78 is 5.04. The Labute approximate surface area is 71.7 Å². The summed E-state index contributed by atoms with van der Waals surface area (Å²) in [5.41, 5.74) is -0.424. The van der Waals surface area contributed by atoms with Gasteiger partial charge in [-0.3, -0.25) is 4.99 Å². The van der Waals surface area contributed by atoms with E-state index in [4.69, 9.17) is 9.52 Å². The Hall–Kier alpha value is -1.09. The van der Waals surface area contributed by atoms with E-state index in [9.17, 15) is 0 Å². The van der Waals surface area contributed by atoms with Gasteiger partial charge in [0.15, 0.2) is 0 Å². The van der Waals surface area contributed by atoms with Crippen LogP contribution in [0.3, 0.4) is 0 Å². The van der Waals surface area contributed by atoms with Gasteiger partial charge in [0.1, 0.15) is 5.76 Å². The van der Waals surface area contributed by atoms with Crippen molar-refractivity contribution in [2.24, 2.45) is 4.99 Å². The van der Waals surface area contributed by atoms with Gasteiger partial charge in [0.25, 0.3) is 0 Å². The smallest absolute Gasteiger partial charge is 0.144 e. The first-order valence-corrected chi connectivity index (χ1v) is 3.84. The summed E-state index contributed by atoms with van der Waals surface area (Å²) in [7, 11) is 0. The Morgan fingerprint density at radius 2 is 2.42 bits per heavy atom. The molecule has 0 spiro atoms. The predicted molar refractivity (Wildman–Crippen MR) is 47.5 cm³/mol. The maximum Gasteiger partial charge on any atom is 0.144 e. The quantitative estimate of drug-likeness (QED) is 0.693. The van der Waals surface area contributed by atoms with Gasteiger partial charge in [0, 0.05) is 0 Å². The molecule has 0 aliphatic carbocycles. The predicted octanol–water partition coefficient (Wildman–Crippen LogP) is 1.47. The van der Waals surface area contributed by atoms with Crippen LogP contribution in [0.4, 0.5) is 0 Å². The summed E-state index contributed by atoms with van der Waals surface area (Å²) in [5, 5.41) is 8.88. The molecule has 0 unspecified atom stereocenters. The number of rotatable bonds is 3. The summed E-state index contributed by atoms with van der Waals surface area (Å²) in [6, 6.07) is 3.62. The third-order valence-corrected chi connectivity index (χ3v) is 1.47. The number of aliphatic imine (C=N–C) groups is 1. The first-order chi connectivity index (χ1) is 5.64. The summed E-state index contributed by atoms with van der Waals surface area (Å²) in [6.45, 7) is 3.74. The maximum absolute atomic E-state index is 8.88. The fourth-order valence-electron chi connectivity index (χ4n) is 0.644. The summed E-state index contributed by atoms with van der Waals surface area (Å²) in [6.07, 6.45) is 3.21. The minimum Gasteiger partial charge on any atom is -0.463 e. The van der Waals surface area contributed by atoms with Crippen LogP contribution in [-0.2, 0) is 0 Å². The molecule has 1 aromatic rings. The Bertz CT molecular complexity index is 250. The molecule has 66 valence electrons. The van der Waals surface area contributed by atoms with Crippen LogP contribution in [0.5, 0.6) is 0 Å². The summed E-state index contributed by atoms with van der Waals surface area (Å²) in [4.78, 5) is 4.15. The lowest BCUT2D eigenvalue weighted by Crippen LogP contribution is -2.21. The molecule has 0 aliphatic heterocycles. The van der Waals surface area contributed by atoms with Crippen LogP contribution in [0, 0.1) is 0 Å². The van der Waals surface area contributed by atoms with Gasteiger partial charge in [0.2, 0.25) is 0 Å². The van der Waals surface area contributed by atoms with E-state index in [0.717, 1.165) is 0 Å². The first kappa shape index (κ1) is 9.00. The number of aliphatic hydroxyl groups is 1. The van der Waals surface area contributed by atoms with Crippen molar-refractivity contribution in [3.63, 3.8) is 0 Å². The molecule has 3 nitrogen and oxygen atoms in total. The fraction of sp³-hybridized carbons (Fsp3) is 0.444. The molecule has 0 amide bonds. The van der Waals surface area contributed by atoms with Gasteiger partial charge in [-0.15, -0.1) is 0 Å². The highest BCUT2D eigenvalue weighted by atomic mass is 16.3. The largest absolute Gasteiger partial charge is 0.463 e. The standard InChI is InChI=1S/C9H13NO2/c1-9(2,7-11)10-6-8-4-3-5-12-8/h3-6,11H,7H2,1-2H3. The van der Waals surface area contributed by atoms with E-state index < -0.39 is 5.54 Å². The maximum atomic E-state index is 8.88. The van der Waals surface area contributed by atoms with Crippen molar-refractivity contribution in [1.29, 1.82) is 0 Å². The second-order valence-corrected chi connectivity index (χ2v) is 3.24. The zero-order valence-electron chi connectivity index (χ0n) is 7.32. The summed E-state index contributed by atoms with van der Waals surface area (Å²) >= 11 is 0. The average molecular weight is 167 g/mol. The number of hydrogen-bond donors (Lipinski definition) is 1. The van der Waals surface area contributed by atoms with Gasteiger partial charge in [-0.1, -0.05) is 0 Å². The number of aliphatic hydroxyl groups excluding tert-OH is 1. The lowest BCUT2D eigenvalue weighted by Gasteiger charge is -2.14. The Morgan fingerprint density at radius 3 is 2.92 bits per heavy atom. The second-order valence-electron chi connectivity index (χ2n) is 3.24. The normalized spacial score (nSPS) is 12.6. The molecule has 3 heteroatoms. The lowest BCUT2D eigenvalue weighted by atomic mass is 10.1. The van der Waals surface area contributed by atoms with E-state index in [1.807, 2.05) is 19.9 Å². The molecule has 12 heavy (non-hydrogen) atoms. The van der Waals surface area contributed by atoms with Gasteiger partial charge in [0.05, 0.1) is 24.6 Å². The average Bonchev–Trinajstić information content (AvgIpc) is 2.53. The van der Waals surface area contributed by atoms with Crippen LogP contribution in [0.2, 0.25) is 0 Å². The molecule has 1 rings (SSSR count). The minimum absolute atomic E-state index is 0.0320. The Morgan fingerprint density at radius 1 is 1.67 bits per heavy atom. The lowest BCUT2D eigenvalue weighted by molar-refractivity contribution is 0.223. The van der Waals surface area contributed by atoms with Crippen LogP contribution >= 0.6 is 0 Å². The monoisotopic (exact) mass is 167 g/mol. The topological polar surface area (TPSA) is 45.7 Å². The second kappa shape index (κ2) is 3.54. The van der Waals surface area contributed by atoms with Gasteiger partial charge in [-0.25, -0.2) is 0 Å². The molecular weight excluding hydrogens is 154 g/mol. The van der Waals surface area contributed by atoms with Crippen molar-refractivity contribution in [3.05, 3.63) is 24.2 Å². The Kier molecular flexibility index (Phi) is 2.65. The number of nitrogens with zero attached hydrogens (tertiary/aromatic N) is 1. The summed E-state index contributed by atoms with van der Waals surface area (Å²) in [5.74, 6) is 0.705. The van der Waals surface area contributed by atoms with Crippen molar-refractivity contribution in [2.45, 2.75) is 19.4 Å². The third-order valence-electron chi connectivity index (χ3n) is 1.47. The molecule has 0 bridgehead atoms. The van der Waals surface area contributed by atoms with Crippen molar-refractivity contribution in [2.75, 3.05) is 6.61 Å². The number of hydrogen-bond acceptors (Lipinski definition) is 3. The zero-order valence-corrected chi connectivity index (χ0v) is 7.32. The van der Waals surface area contributed by atoms with Gasteiger partial charge >= 0.3 is 0 Å². The van der Waals surface area contributed by atoms with Crippen molar-refractivity contribution >= 4 is 6.21 Å². The Balaban J connectivity index is 2.62. The molecule has 0 aromatic carbocycles. The van der Waals surface area contributed by atoms with Gasteiger partial charge in [-0.05, 0) is 26.0 Å². The van der Waals surface area contributed by atoms with Crippen LogP contribution < -0.4 is 0 Å². The molecular formula is C9H13NO2. The molecule has 0 saturated heterocycles. The van der Waals surface area contributed by atoms with E-state index in [-0.39, 0.29) is 6.61 Å². The fourth-order valence-corrected chi connectivity index (χ4v) is 0.644. The van der Waals surface area contributed by atoms with E-state index >= 15 is 0 Å². The van der Waals surface area contributed by atoms with Crippen LogP contribution in [-0.4, -0.2) is 23.5 Å². The van der Waals surface area contributed by atoms with Crippen molar-refractivity contribution < 1.29 is 9.52 Å². The van der Waals surface area contributed by atoms with E-state index in [1.165, 1.54) is 0 Å². The molecule has 0 radical (unpaired) electrons. The third kappa shape index (κ3) is 2.51. The van der Waals surface area contributed by atoms with Crippen LogP contribution in [0.15, 0.2) is 27.8 Å². The molecule has 1 N–H and O–H groups in total. The molecule has 0 saturated carbocycles. The SMILES string of the molecule is CC(C)(CO)N=Cc1ccco1.